The molecule has 0 heterocycles. The Morgan fingerprint density at radius 1 is 1.39 bits per heavy atom. The van der Waals surface area contributed by atoms with Gasteiger partial charge in [0, 0.05) is 13.7 Å². The van der Waals surface area contributed by atoms with Crippen LogP contribution >= 0.6 is 11.6 Å². The zero-order valence-corrected chi connectivity index (χ0v) is 11.5. The lowest BCUT2D eigenvalue weighted by Crippen LogP contribution is -2.26. The van der Waals surface area contributed by atoms with Crippen LogP contribution < -0.4 is 5.32 Å². The topological polar surface area (TPSA) is 50.7 Å². The number of ether oxygens (including phenoxy) is 2. The molecule has 1 aromatic carbocycles. The van der Waals surface area contributed by atoms with Gasteiger partial charge in [0.15, 0.2) is 0 Å². The summed E-state index contributed by atoms with van der Waals surface area (Å²) >= 11 is 6.07. The second kappa shape index (κ2) is 8.32. The summed E-state index contributed by atoms with van der Waals surface area (Å²) in [5, 5.41) is 13.5. The molecule has 0 saturated carbocycles. The fraction of sp³-hybridized carbons (Fsp3) is 0.538. The van der Waals surface area contributed by atoms with Gasteiger partial charge in [0.25, 0.3) is 0 Å². The van der Waals surface area contributed by atoms with Gasteiger partial charge in [0.1, 0.15) is 0 Å². The highest BCUT2D eigenvalue weighted by Crippen LogP contribution is 2.24. The average Bonchev–Trinajstić information content (AvgIpc) is 2.34. The molecule has 0 saturated heterocycles. The first-order chi connectivity index (χ1) is 8.65. The van der Waals surface area contributed by atoms with Gasteiger partial charge in [-0.15, -0.1) is 0 Å². The van der Waals surface area contributed by atoms with E-state index in [0.29, 0.717) is 24.8 Å². The highest BCUT2D eigenvalue weighted by Gasteiger charge is 2.07. The molecule has 0 aliphatic heterocycles. The Hall–Kier alpha value is -0.810. The number of hydrogen-bond acceptors (Lipinski definition) is 4. The lowest BCUT2D eigenvalue weighted by Gasteiger charge is -2.15. The largest absolute Gasteiger partial charge is 0.389 e. The van der Waals surface area contributed by atoms with Crippen molar-refractivity contribution in [1.29, 1.82) is 0 Å². The molecule has 102 valence electrons. The van der Waals surface area contributed by atoms with Crippen molar-refractivity contribution in [2.45, 2.75) is 13.0 Å². The van der Waals surface area contributed by atoms with Crippen LogP contribution in [0.4, 0.5) is 5.69 Å². The maximum absolute atomic E-state index is 9.72. The number of rotatable bonds is 8. The van der Waals surface area contributed by atoms with Crippen LogP contribution in [0.1, 0.15) is 5.56 Å². The van der Waals surface area contributed by atoms with Crippen LogP contribution in [0.25, 0.3) is 0 Å². The molecule has 0 aliphatic carbocycles. The number of aliphatic hydroxyl groups is 1. The van der Waals surface area contributed by atoms with Crippen molar-refractivity contribution in [3.63, 3.8) is 0 Å². The molecule has 4 nitrogen and oxygen atoms in total. The van der Waals surface area contributed by atoms with Crippen LogP contribution in [-0.4, -0.2) is 44.7 Å². The minimum Gasteiger partial charge on any atom is -0.389 e. The number of benzene rings is 1. The first-order valence-corrected chi connectivity index (χ1v) is 6.26. The summed E-state index contributed by atoms with van der Waals surface area (Å²) in [5.74, 6) is 0. The van der Waals surface area contributed by atoms with Crippen molar-refractivity contribution in [3.05, 3.63) is 28.8 Å². The van der Waals surface area contributed by atoms with Crippen LogP contribution in [-0.2, 0) is 9.47 Å². The van der Waals surface area contributed by atoms with Crippen molar-refractivity contribution in [1.82, 2.24) is 0 Å². The molecule has 0 fully saturated rings. The summed E-state index contributed by atoms with van der Waals surface area (Å²) in [6, 6.07) is 5.68. The van der Waals surface area contributed by atoms with E-state index in [2.05, 4.69) is 5.32 Å². The van der Waals surface area contributed by atoms with Gasteiger partial charge in [-0.3, -0.25) is 0 Å². The molecule has 0 aliphatic rings. The Bertz CT molecular complexity index is 340. The SMILES string of the molecule is COCCOCC(O)CNc1c(C)cccc1Cl. The van der Waals surface area contributed by atoms with Crippen LogP contribution in [0.2, 0.25) is 5.02 Å². The number of hydrogen-bond donors (Lipinski definition) is 2. The number of methoxy groups -OCH3 is 1. The highest BCUT2D eigenvalue weighted by atomic mass is 35.5. The van der Waals surface area contributed by atoms with Gasteiger partial charge < -0.3 is 19.9 Å². The molecule has 0 bridgehead atoms. The van der Waals surface area contributed by atoms with Gasteiger partial charge in [-0.25, -0.2) is 0 Å². The molecule has 1 aromatic rings. The lowest BCUT2D eigenvalue weighted by molar-refractivity contribution is 0.0182. The molecule has 0 amide bonds. The van der Waals surface area contributed by atoms with Crippen molar-refractivity contribution in [2.24, 2.45) is 0 Å². The van der Waals surface area contributed by atoms with E-state index in [1.807, 2.05) is 25.1 Å². The molecule has 1 unspecified atom stereocenters. The second-order valence-electron chi connectivity index (χ2n) is 4.03. The van der Waals surface area contributed by atoms with Gasteiger partial charge >= 0.3 is 0 Å². The molecule has 0 radical (unpaired) electrons. The maximum atomic E-state index is 9.72. The summed E-state index contributed by atoms with van der Waals surface area (Å²) in [4.78, 5) is 0. The van der Waals surface area contributed by atoms with Crippen molar-refractivity contribution < 1.29 is 14.6 Å². The number of anilines is 1. The van der Waals surface area contributed by atoms with Crippen LogP contribution in [0.15, 0.2) is 18.2 Å². The molecule has 0 aromatic heterocycles. The van der Waals surface area contributed by atoms with Crippen LogP contribution in [0.5, 0.6) is 0 Å². The summed E-state index contributed by atoms with van der Waals surface area (Å²) in [6.07, 6.45) is -0.572. The average molecular weight is 274 g/mol. The summed E-state index contributed by atoms with van der Waals surface area (Å²) in [6.45, 7) is 3.66. The Morgan fingerprint density at radius 3 is 2.83 bits per heavy atom. The zero-order valence-electron chi connectivity index (χ0n) is 10.8. The second-order valence-corrected chi connectivity index (χ2v) is 4.44. The van der Waals surface area contributed by atoms with E-state index in [9.17, 15) is 5.11 Å². The molecule has 18 heavy (non-hydrogen) atoms. The normalized spacial score (nSPS) is 12.4. The van der Waals surface area contributed by atoms with Gasteiger partial charge in [-0.2, -0.15) is 0 Å². The van der Waals surface area contributed by atoms with E-state index in [0.717, 1.165) is 11.3 Å². The summed E-state index contributed by atoms with van der Waals surface area (Å²) in [7, 11) is 1.61. The van der Waals surface area contributed by atoms with Gasteiger partial charge in [-0.1, -0.05) is 23.7 Å². The third kappa shape index (κ3) is 5.23. The summed E-state index contributed by atoms with van der Waals surface area (Å²) in [5.41, 5.74) is 1.91. The fourth-order valence-corrected chi connectivity index (χ4v) is 1.78. The van der Waals surface area contributed by atoms with E-state index < -0.39 is 6.10 Å². The number of para-hydroxylation sites is 1. The van der Waals surface area contributed by atoms with Crippen LogP contribution in [0, 0.1) is 6.92 Å². The smallest absolute Gasteiger partial charge is 0.0945 e. The Balaban J connectivity index is 2.31. The van der Waals surface area contributed by atoms with Crippen molar-refractivity contribution >= 4 is 17.3 Å². The molecule has 1 rings (SSSR count). The van der Waals surface area contributed by atoms with E-state index in [1.165, 1.54) is 0 Å². The minimum absolute atomic E-state index is 0.278. The molecular weight excluding hydrogens is 254 g/mol. The number of aryl methyl sites for hydroxylation is 1. The fourth-order valence-electron chi connectivity index (χ4n) is 1.50. The lowest BCUT2D eigenvalue weighted by atomic mass is 10.2. The van der Waals surface area contributed by atoms with Gasteiger partial charge in [0.2, 0.25) is 0 Å². The van der Waals surface area contributed by atoms with E-state index in [-0.39, 0.29) is 6.61 Å². The minimum atomic E-state index is -0.572. The van der Waals surface area contributed by atoms with Crippen molar-refractivity contribution in [3.8, 4) is 0 Å². The maximum Gasteiger partial charge on any atom is 0.0945 e. The number of halogens is 1. The zero-order chi connectivity index (χ0) is 13.4. The van der Waals surface area contributed by atoms with Crippen LogP contribution in [0.3, 0.4) is 0 Å². The Morgan fingerprint density at radius 2 is 2.17 bits per heavy atom. The van der Waals surface area contributed by atoms with Crippen molar-refractivity contribution in [2.75, 3.05) is 38.8 Å². The Labute approximate surface area is 113 Å². The number of nitrogens with one attached hydrogen (secondary N) is 1. The quantitative estimate of drug-likeness (QED) is 0.712. The third-order valence-corrected chi connectivity index (χ3v) is 2.79. The first kappa shape index (κ1) is 15.2. The highest BCUT2D eigenvalue weighted by molar-refractivity contribution is 6.33. The van der Waals surface area contributed by atoms with E-state index >= 15 is 0 Å². The molecular formula is C13H20ClNO3. The Kier molecular flexibility index (Phi) is 7.05. The predicted octanol–water partition coefficient (Wildman–Crippen LogP) is 2.08. The summed E-state index contributed by atoms with van der Waals surface area (Å²) < 4.78 is 10.1. The van der Waals surface area contributed by atoms with Gasteiger partial charge in [0.05, 0.1) is 36.6 Å². The van der Waals surface area contributed by atoms with E-state index in [1.54, 1.807) is 7.11 Å². The standard InChI is InChI=1S/C13H20ClNO3/c1-10-4-3-5-12(14)13(10)15-8-11(16)9-18-7-6-17-2/h3-5,11,15-16H,6-9H2,1-2H3. The number of aliphatic hydroxyl groups excluding tert-OH is 1. The molecule has 1 atom stereocenters. The molecule has 0 spiro atoms. The monoisotopic (exact) mass is 273 g/mol. The molecule has 5 heteroatoms. The predicted molar refractivity (Wildman–Crippen MR) is 73.4 cm³/mol. The first-order valence-electron chi connectivity index (χ1n) is 5.89. The van der Waals surface area contributed by atoms with E-state index in [4.69, 9.17) is 21.1 Å². The third-order valence-electron chi connectivity index (χ3n) is 2.48. The van der Waals surface area contributed by atoms with Gasteiger partial charge in [-0.05, 0) is 18.6 Å². The molecule has 2 N–H and O–H groups in total.